The van der Waals surface area contributed by atoms with E-state index in [-0.39, 0.29) is 5.41 Å². The number of carbonyl (C=O) groups is 1. The van der Waals surface area contributed by atoms with Crippen molar-refractivity contribution in [1.82, 2.24) is 24.7 Å². The van der Waals surface area contributed by atoms with E-state index in [1.165, 1.54) is 0 Å². The zero-order chi connectivity index (χ0) is 28.0. The van der Waals surface area contributed by atoms with Crippen molar-refractivity contribution in [2.75, 3.05) is 50.1 Å². The van der Waals surface area contributed by atoms with E-state index in [2.05, 4.69) is 42.6 Å². The standard InChI is InChI=1S/C29H33N7O4/c1-29(2,3)24-19-25(34-40-24)32-28(37)31-22-8-5-21(6-9-22)7-10-23-20-30-26-11-12-27(33-36(23)26)39-16-4-13-35-14-17-38-18-15-35/h5-6,8-9,11-12,19-20H,4,13-18H2,1-3H3,(H2,31,32,34,37). The van der Waals surface area contributed by atoms with Crippen LogP contribution in [0.25, 0.3) is 5.65 Å². The van der Waals surface area contributed by atoms with E-state index in [1.54, 1.807) is 28.9 Å². The fourth-order valence-electron chi connectivity index (χ4n) is 4.05. The number of fused-ring (bicyclic) bond motifs is 1. The normalized spacial score (nSPS) is 14.0. The van der Waals surface area contributed by atoms with Gasteiger partial charge < -0.3 is 19.3 Å². The van der Waals surface area contributed by atoms with Crippen LogP contribution in [0.5, 0.6) is 5.88 Å². The minimum atomic E-state index is -0.413. The number of amides is 2. The molecule has 2 N–H and O–H groups in total. The minimum absolute atomic E-state index is 0.196. The van der Waals surface area contributed by atoms with Gasteiger partial charge in [0.2, 0.25) is 5.88 Å². The van der Waals surface area contributed by atoms with E-state index in [9.17, 15) is 4.79 Å². The first-order valence-electron chi connectivity index (χ1n) is 13.3. The monoisotopic (exact) mass is 543 g/mol. The Bertz CT molecular complexity index is 1500. The summed E-state index contributed by atoms with van der Waals surface area (Å²) in [6.45, 7) is 11.1. The summed E-state index contributed by atoms with van der Waals surface area (Å²) in [6, 6.07) is 12.2. The molecule has 1 aliphatic rings. The molecule has 1 saturated heterocycles. The first-order valence-corrected chi connectivity index (χ1v) is 13.3. The number of hydrogen-bond acceptors (Lipinski definition) is 8. The molecule has 3 aromatic heterocycles. The number of rotatable bonds is 7. The lowest BCUT2D eigenvalue weighted by atomic mass is 9.93. The van der Waals surface area contributed by atoms with Crippen LogP contribution in [0, 0.1) is 11.8 Å². The van der Waals surface area contributed by atoms with Crippen LogP contribution in [0.15, 0.2) is 53.2 Å². The van der Waals surface area contributed by atoms with Gasteiger partial charge in [-0.1, -0.05) is 31.8 Å². The first kappa shape index (κ1) is 27.2. The second-order valence-electron chi connectivity index (χ2n) is 10.5. The summed E-state index contributed by atoms with van der Waals surface area (Å²) in [5, 5.41) is 13.9. The molecule has 2 amide bonds. The molecule has 1 aliphatic heterocycles. The molecular weight excluding hydrogens is 510 g/mol. The SMILES string of the molecule is CC(C)(C)c1cc(NC(=O)Nc2ccc(C#Cc3cnc4ccc(OCCCN5CCOCC5)nn34)cc2)no1. The number of urea groups is 1. The molecule has 4 aromatic rings. The Morgan fingerprint density at radius 1 is 1.07 bits per heavy atom. The molecule has 11 nitrogen and oxygen atoms in total. The molecule has 1 aromatic carbocycles. The maximum Gasteiger partial charge on any atom is 0.324 e. The van der Waals surface area contributed by atoms with Crippen molar-refractivity contribution in [3.05, 3.63) is 65.7 Å². The Balaban J connectivity index is 1.15. The molecule has 0 spiro atoms. The number of anilines is 2. The van der Waals surface area contributed by atoms with Gasteiger partial charge in [-0.25, -0.2) is 14.3 Å². The maximum atomic E-state index is 12.3. The smallest absolute Gasteiger partial charge is 0.324 e. The summed E-state index contributed by atoms with van der Waals surface area (Å²) in [6.07, 6.45) is 2.61. The van der Waals surface area contributed by atoms with Crippen molar-refractivity contribution < 1.29 is 18.8 Å². The summed E-state index contributed by atoms with van der Waals surface area (Å²) in [7, 11) is 0. The van der Waals surface area contributed by atoms with Crippen LogP contribution in [0.2, 0.25) is 0 Å². The third-order valence-electron chi connectivity index (χ3n) is 6.28. The van der Waals surface area contributed by atoms with Crippen LogP contribution in [0.4, 0.5) is 16.3 Å². The first-order chi connectivity index (χ1) is 19.3. The third kappa shape index (κ3) is 7.16. The summed E-state index contributed by atoms with van der Waals surface area (Å²) in [4.78, 5) is 19.1. The summed E-state index contributed by atoms with van der Waals surface area (Å²) in [5.74, 6) is 7.83. The molecule has 1 fully saturated rings. The number of nitrogens with one attached hydrogen (secondary N) is 2. The van der Waals surface area contributed by atoms with Gasteiger partial charge in [0.15, 0.2) is 11.5 Å². The lowest BCUT2D eigenvalue weighted by Gasteiger charge is -2.26. The highest BCUT2D eigenvalue weighted by Crippen LogP contribution is 2.24. The highest BCUT2D eigenvalue weighted by atomic mass is 16.5. The van der Waals surface area contributed by atoms with Gasteiger partial charge in [-0.3, -0.25) is 10.2 Å². The minimum Gasteiger partial charge on any atom is -0.477 e. The molecule has 0 bridgehead atoms. The largest absolute Gasteiger partial charge is 0.477 e. The van der Waals surface area contributed by atoms with Crippen molar-refractivity contribution in [2.45, 2.75) is 32.6 Å². The molecule has 0 unspecified atom stereocenters. The van der Waals surface area contributed by atoms with E-state index in [0.717, 1.165) is 44.8 Å². The van der Waals surface area contributed by atoms with E-state index in [0.29, 0.717) is 41.1 Å². The molecular formula is C29H33N7O4. The number of ether oxygens (including phenoxy) is 2. The number of nitrogens with zero attached hydrogens (tertiary/aromatic N) is 5. The highest BCUT2D eigenvalue weighted by Gasteiger charge is 2.20. The van der Waals surface area contributed by atoms with Gasteiger partial charge in [0.05, 0.1) is 26.0 Å². The number of aromatic nitrogens is 4. The van der Waals surface area contributed by atoms with Crippen LogP contribution in [-0.2, 0) is 10.2 Å². The van der Waals surface area contributed by atoms with Gasteiger partial charge in [-0.05, 0) is 42.7 Å². The Hall–Kier alpha value is -4.40. The number of benzene rings is 1. The van der Waals surface area contributed by atoms with Crippen molar-refractivity contribution in [3.8, 4) is 17.7 Å². The fraction of sp³-hybridized carbons (Fsp3) is 0.379. The van der Waals surface area contributed by atoms with Crippen molar-refractivity contribution in [3.63, 3.8) is 0 Å². The van der Waals surface area contributed by atoms with E-state index >= 15 is 0 Å². The summed E-state index contributed by atoms with van der Waals surface area (Å²) in [5.41, 5.74) is 2.55. The van der Waals surface area contributed by atoms with E-state index < -0.39 is 6.03 Å². The van der Waals surface area contributed by atoms with Crippen molar-refractivity contribution >= 4 is 23.2 Å². The second kappa shape index (κ2) is 12.2. The number of carbonyl (C=O) groups excluding carboxylic acids is 1. The van der Waals surface area contributed by atoms with Crippen LogP contribution in [0.1, 0.15) is 44.2 Å². The lowest BCUT2D eigenvalue weighted by molar-refractivity contribution is 0.0357. The van der Waals surface area contributed by atoms with E-state index in [1.807, 2.05) is 45.0 Å². The van der Waals surface area contributed by atoms with Gasteiger partial charge in [0, 0.05) is 48.4 Å². The van der Waals surface area contributed by atoms with Crippen LogP contribution >= 0.6 is 0 Å². The molecule has 0 atom stereocenters. The number of imidazole rings is 1. The highest BCUT2D eigenvalue weighted by molar-refractivity contribution is 5.99. The van der Waals surface area contributed by atoms with Crippen LogP contribution in [-0.4, -0.2) is 70.1 Å². The predicted molar refractivity (Wildman–Crippen MR) is 151 cm³/mol. The zero-order valence-corrected chi connectivity index (χ0v) is 22.9. The fourth-order valence-corrected chi connectivity index (χ4v) is 4.05. The summed E-state index contributed by atoms with van der Waals surface area (Å²) >= 11 is 0. The molecule has 0 saturated carbocycles. The van der Waals surface area contributed by atoms with Crippen LogP contribution < -0.4 is 15.4 Å². The molecule has 4 heterocycles. The van der Waals surface area contributed by atoms with Gasteiger partial charge in [-0.15, -0.1) is 5.10 Å². The van der Waals surface area contributed by atoms with Gasteiger partial charge >= 0.3 is 6.03 Å². The van der Waals surface area contributed by atoms with Gasteiger partial charge in [0.1, 0.15) is 11.5 Å². The van der Waals surface area contributed by atoms with Gasteiger partial charge in [-0.2, -0.15) is 0 Å². The number of morpholine rings is 1. The molecule has 0 aliphatic carbocycles. The topological polar surface area (TPSA) is 119 Å². The van der Waals surface area contributed by atoms with Crippen molar-refractivity contribution in [2.24, 2.45) is 0 Å². The zero-order valence-electron chi connectivity index (χ0n) is 22.9. The van der Waals surface area contributed by atoms with Crippen LogP contribution in [0.3, 0.4) is 0 Å². The number of hydrogen-bond donors (Lipinski definition) is 2. The Morgan fingerprint density at radius 3 is 2.62 bits per heavy atom. The Labute approximate surface area is 232 Å². The predicted octanol–water partition coefficient (Wildman–Crippen LogP) is 4.16. The molecule has 11 heteroatoms. The van der Waals surface area contributed by atoms with E-state index in [4.69, 9.17) is 14.0 Å². The molecule has 40 heavy (non-hydrogen) atoms. The molecule has 0 radical (unpaired) electrons. The quantitative estimate of drug-likeness (QED) is 0.264. The average molecular weight is 544 g/mol. The Kier molecular flexibility index (Phi) is 8.28. The van der Waals surface area contributed by atoms with Gasteiger partial charge in [0.25, 0.3) is 0 Å². The average Bonchev–Trinajstić information content (AvgIpc) is 3.58. The Morgan fingerprint density at radius 2 is 1.88 bits per heavy atom. The molecule has 5 rings (SSSR count). The summed E-state index contributed by atoms with van der Waals surface area (Å²) < 4.78 is 18.2. The molecule has 208 valence electrons. The van der Waals surface area contributed by atoms with Crippen molar-refractivity contribution in [1.29, 1.82) is 0 Å². The lowest BCUT2D eigenvalue weighted by Crippen LogP contribution is -2.37. The maximum absolute atomic E-state index is 12.3. The third-order valence-corrected chi connectivity index (χ3v) is 6.28. The second-order valence-corrected chi connectivity index (χ2v) is 10.5.